The Morgan fingerprint density at radius 3 is 2.94 bits per heavy atom. The van der Waals surface area contributed by atoms with Crippen molar-refractivity contribution < 1.29 is 13.2 Å². The van der Waals surface area contributed by atoms with Gasteiger partial charge in [0.05, 0.1) is 11.5 Å². The van der Waals surface area contributed by atoms with Gasteiger partial charge in [0.1, 0.15) is 5.75 Å². The molecule has 17 heavy (non-hydrogen) atoms. The molecule has 0 aromatic heterocycles. The molecule has 0 saturated heterocycles. The number of fused-ring (bicyclic) bond motifs is 1. The average Bonchev–Trinajstić information content (AvgIpc) is 2.76. The van der Waals surface area contributed by atoms with E-state index in [1.807, 2.05) is 0 Å². The number of hydrogen-bond donors (Lipinski definition) is 2. The lowest BCUT2D eigenvalue weighted by molar-refractivity contribution is 0.356. The molecule has 0 amide bonds. The van der Waals surface area contributed by atoms with E-state index in [0.717, 1.165) is 17.7 Å². The zero-order valence-electron chi connectivity index (χ0n) is 9.69. The summed E-state index contributed by atoms with van der Waals surface area (Å²) in [7, 11) is -1.62. The van der Waals surface area contributed by atoms with Crippen LogP contribution in [0.2, 0.25) is 0 Å². The van der Waals surface area contributed by atoms with Gasteiger partial charge in [-0.25, -0.2) is 13.1 Å². The Morgan fingerprint density at radius 2 is 2.18 bits per heavy atom. The molecule has 1 aromatic rings. The summed E-state index contributed by atoms with van der Waals surface area (Å²) >= 11 is 0. The molecule has 1 aromatic carbocycles. The van der Waals surface area contributed by atoms with Crippen molar-refractivity contribution in [1.82, 2.24) is 10.0 Å². The van der Waals surface area contributed by atoms with Gasteiger partial charge in [0, 0.05) is 19.5 Å². The van der Waals surface area contributed by atoms with E-state index in [1.54, 1.807) is 25.2 Å². The van der Waals surface area contributed by atoms with E-state index in [0.29, 0.717) is 24.6 Å². The van der Waals surface area contributed by atoms with Crippen molar-refractivity contribution in [2.24, 2.45) is 0 Å². The molecule has 0 bridgehead atoms. The van der Waals surface area contributed by atoms with Crippen molar-refractivity contribution in [2.45, 2.75) is 11.3 Å². The highest BCUT2D eigenvalue weighted by molar-refractivity contribution is 7.89. The monoisotopic (exact) mass is 256 g/mol. The highest BCUT2D eigenvalue weighted by atomic mass is 32.2. The third kappa shape index (κ3) is 2.77. The van der Waals surface area contributed by atoms with Crippen LogP contribution in [0.4, 0.5) is 0 Å². The van der Waals surface area contributed by atoms with Crippen LogP contribution in [0.1, 0.15) is 5.56 Å². The summed E-state index contributed by atoms with van der Waals surface area (Å²) in [5.74, 6) is 0.791. The van der Waals surface area contributed by atoms with Crippen LogP contribution in [-0.4, -0.2) is 35.2 Å². The predicted molar refractivity (Wildman–Crippen MR) is 64.8 cm³/mol. The Bertz CT molecular complexity index is 499. The first-order chi connectivity index (χ1) is 8.13. The standard InChI is InChI=1S/C11H16N2O3S/c1-12-5-6-13-17(14,15)10-2-3-11-9(8-10)4-7-16-11/h2-3,8,12-13H,4-7H2,1H3. The van der Waals surface area contributed by atoms with Crippen LogP contribution in [0.25, 0.3) is 0 Å². The van der Waals surface area contributed by atoms with E-state index >= 15 is 0 Å². The van der Waals surface area contributed by atoms with Crippen molar-refractivity contribution in [2.75, 3.05) is 26.7 Å². The summed E-state index contributed by atoms with van der Waals surface area (Å²) < 4.78 is 31.7. The first-order valence-electron chi connectivity index (χ1n) is 5.53. The van der Waals surface area contributed by atoms with Crippen LogP contribution in [0.3, 0.4) is 0 Å². The Kier molecular flexibility index (Phi) is 3.66. The normalized spacial score (nSPS) is 14.4. The number of nitrogens with one attached hydrogen (secondary N) is 2. The number of likely N-dealkylation sites (N-methyl/N-ethyl adjacent to an activating group) is 1. The summed E-state index contributed by atoms with van der Waals surface area (Å²) in [5.41, 5.74) is 0.960. The molecule has 94 valence electrons. The Labute approximate surface area is 101 Å². The number of rotatable bonds is 5. The van der Waals surface area contributed by atoms with E-state index in [-0.39, 0.29) is 0 Å². The molecule has 1 aliphatic heterocycles. The lowest BCUT2D eigenvalue weighted by Gasteiger charge is -2.07. The molecule has 2 rings (SSSR count). The fourth-order valence-electron chi connectivity index (χ4n) is 1.72. The maximum Gasteiger partial charge on any atom is 0.240 e. The summed E-state index contributed by atoms with van der Waals surface area (Å²) in [6, 6.07) is 4.98. The number of benzene rings is 1. The fourth-order valence-corrected chi connectivity index (χ4v) is 2.81. The van der Waals surface area contributed by atoms with Crippen molar-refractivity contribution >= 4 is 10.0 Å². The molecule has 0 atom stereocenters. The maximum atomic E-state index is 11.9. The van der Waals surface area contributed by atoms with E-state index in [2.05, 4.69) is 10.0 Å². The molecule has 1 heterocycles. The molecule has 2 N–H and O–H groups in total. The molecular formula is C11H16N2O3S. The minimum Gasteiger partial charge on any atom is -0.493 e. The molecule has 0 saturated carbocycles. The molecule has 1 aliphatic rings. The van der Waals surface area contributed by atoms with Crippen LogP contribution in [0.5, 0.6) is 5.75 Å². The molecule has 0 radical (unpaired) electrons. The second kappa shape index (κ2) is 5.03. The minimum absolute atomic E-state index is 0.304. The van der Waals surface area contributed by atoms with Gasteiger partial charge in [-0.3, -0.25) is 0 Å². The summed E-state index contributed by atoms with van der Waals surface area (Å²) in [6.07, 6.45) is 0.773. The molecule has 0 spiro atoms. The van der Waals surface area contributed by atoms with Gasteiger partial charge in [-0.2, -0.15) is 0 Å². The zero-order valence-corrected chi connectivity index (χ0v) is 10.5. The van der Waals surface area contributed by atoms with Crippen LogP contribution in [-0.2, 0) is 16.4 Å². The van der Waals surface area contributed by atoms with Gasteiger partial charge in [0.15, 0.2) is 0 Å². The van der Waals surface area contributed by atoms with Gasteiger partial charge in [0.2, 0.25) is 10.0 Å². The van der Waals surface area contributed by atoms with Crippen molar-refractivity contribution in [3.05, 3.63) is 23.8 Å². The summed E-state index contributed by atoms with van der Waals surface area (Å²) in [4.78, 5) is 0.304. The van der Waals surface area contributed by atoms with Crippen LogP contribution in [0, 0.1) is 0 Å². The van der Waals surface area contributed by atoms with Gasteiger partial charge in [-0.1, -0.05) is 0 Å². The van der Waals surface area contributed by atoms with E-state index in [4.69, 9.17) is 4.74 Å². The Morgan fingerprint density at radius 1 is 1.35 bits per heavy atom. The van der Waals surface area contributed by atoms with Crippen LogP contribution >= 0.6 is 0 Å². The third-order valence-corrected chi connectivity index (χ3v) is 4.10. The predicted octanol–water partition coefficient (Wildman–Crippen LogP) is 0.119. The second-order valence-corrected chi connectivity index (χ2v) is 5.64. The summed E-state index contributed by atoms with van der Waals surface area (Å²) in [6.45, 7) is 1.62. The topological polar surface area (TPSA) is 67.4 Å². The third-order valence-electron chi connectivity index (χ3n) is 2.64. The lowest BCUT2D eigenvalue weighted by Crippen LogP contribution is -2.30. The van der Waals surface area contributed by atoms with Crippen molar-refractivity contribution in [3.63, 3.8) is 0 Å². The number of sulfonamides is 1. The number of ether oxygens (including phenoxy) is 1. The Balaban J connectivity index is 2.16. The van der Waals surface area contributed by atoms with Gasteiger partial charge < -0.3 is 10.1 Å². The van der Waals surface area contributed by atoms with Crippen LogP contribution < -0.4 is 14.8 Å². The molecule has 5 nitrogen and oxygen atoms in total. The van der Waals surface area contributed by atoms with Gasteiger partial charge >= 0.3 is 0 Å². The molecule has 0 fully saturated rings. The quantitative estimate of drug-likeness (QED) is 0.734. The largest absolute Gasteiger partial charge is 0.493 e. The molecular weight excluding hydrogens is 240 g/mol. The lowest BCUT2D eigenvalue weighted by atomic mass is 10.2. The van der Waals surface area contributed by atoms with Gasteiger partial charge in [0.25, 0.3) is 0 Å². The minimum atomic E-state index is -3.40. The van der Waals surface area contributed by atoms with Gasteiger partial charge in [-0.15, -0.1) is 0 Å². The zero-order chi connectivity index (χ0) is 12.3. The van der Waals surface area contributed by atoms with Crippen molar-refractivity contribution in [3.8, 4) is 5.75 Å². The van der Waals surface area contributed by atoms with E-state index < -0.39 is 10.0 Å². The maximum absolute atomic E-state index is 11.9. The van der Waals surface area contributed by atoms with E-state index in [1.165, 1.54) is 0 Å². The van der Waals surface area contributed by atoms with Gasteiger partial charge in [-0.05, 0) is 30.8 Å². The first kappa shape index (κ1) is 12.3. The highest BCUT2D eigenvalue weighted by Gasteiger charge is 2.18. The molecule has 0 unspecified atom stereocenters. The fraction of sp³-hybridized carbons (Fsp3) is 0.455. The second-order valence-electron chi connectivity index (χ2n) is 3.87. The Hall–Kier alpha value is -1.11. The smallest absolute Gasteiger partial charge is 0.240 e. The van der Waals surface area contributed by atoms with E-state index in [9.17, 15) is 8.42 Å². The first-order valence-corrected chi connectivity index (χ1v) is 7.02. The number of hydrogen-bond acceptors (Lipinski definition) is 4. The SMILES string of the molecule is CNCCNS(=O)(=O)c1ccc2c(c1)CCO2. The molecule has 6 heteroatoms. The summed E-state index contributed by atoms with van der Waals surface area (Å²) in [5, 5.41) is 2.89. The molecule has 0 aliphatic carbocycles. The highest BCUT2D eigenvalue weighted by Crippen LogP contribution is 2.27. The average molecular weight is 256 g/mol. The van der Waals surface area contributed by atoms with Crippen molar-refractivity contribution in [1.29, 1.82) is 0 Å². The van der Waals surface area contributed by atoms with Crippen LogP contribution in [0.15, 0.2) is 23.1 Å².